The number of nitrogens with two attached hydrogens (primary N) is 1. The molecule has 4 heterocycles. The Balaban J connectivity index is 1.06. The van der Waals surface area contributed by atoms with Crippen molar-refractivity contribution in [3.63, 3.8) is 0 Å². The van der Waals surface area contributed by atoms with Crippen LogP contribution in [0.3, 0.4) is 0 Å². The summed E-state index contributed by atoms with van der Waals surface area (Å²) >= 11 is 0. The maximum absolute atomic E-state index is 6.64. The third kappa shape index (κ3) is 5.52. The van der Waals surface area contributed by atoms with Crippen molar-refractivity contribution < 1.29 is 9.73 Å². The van der Waals surface area contributed by atoms with Crippen molar-refractivity contribution in [1.82, 2.24) is 14.5 Å². The summed E-state index contributed by atoms with van der Waals surface area (Å²) in [5.74, 6) is 0.852. The first-order valence-corrected chi connectivity index (χ1v) is 21.6. The summed E-state index contributed by atoms with van der Waals surface area (Å²) in [6, 6.07) is 75.8. The Bertz CT molecular complexity index is 3750. The average Bonchev–Trinajstić information content (AvgIpc) is 4.03. The molecule has 0 amide bonds. The standard InChI is InChI=1S/C57H39N5O/c1-4-18-36(19-5-1)39-27-16-32-49-51(39)52-45(28-17-33-50(52)63-49)57-59-55(37-20-6-2-7-21-37)58-56(60-57)44-26-12-15-31-48(44)62-47-30-14-11-25-41(47)43-35-34-42-40-24-10-13-29-46(40)61(53(42)54(43)62)38-22-8-3-9-23-38/h1-35,56-57,60H,(H,58,59)/p+1. The molecule has 6 heteroatoms. The molecule has 1 aliphatic rings. The molecule has 0 saturated carbocycles. The van der Waals surface area contributed by atoms with Crippen LogP contribution in [-0.4, -0.2) is 15.0 Å². The van der Waals surface area contributed by atoms with Gasteiger partial charge in [0.2, 0.25) is 6.17 Å². The number of rotatable bonds is 6. The summed E-state index contributed by atoms with van der Waals surface area (Å²) in [5, 5.41) is 13.4. The SMILES string of the molecule is c1ccc(C2=NC(c3ccccc3-n3c4ccccc4c4ccc5c6ccccc6n(-c6ccccc6)c5c43)[NH2+]C(c3cccc4oc5cccc(-c6ccccc6)c5c34)N2)cc1. The molecule has 0 aliphatic carbocycles. The van der Waals surface area contributed by atoms with Crippen molar-refractivity contribution in [1.29, 1.82) is 0 Å². The van der Waals surface area contributed by atoms with Crippen LogP contribution in [0.4, 0.5) is 0 Å². The largest absolute Gasteiger partial charge is 0.456 e. The maximum atomic E-state index is 6.64. The molecular weight excluding hydrogens is 771 g/mol. The molecule has 0 bridgehead atoms. The quantitative estimate of drug-likeness (QED) is 0.176. The molecule has 3 aromatic heterocycles. The van der Waals surface area contributed by atoms with Crippen molar-refractivity contribution in [2.75, 3.05) is 0 Å². The van der Waals surface area contributed by atoms with Crippen molar-refractivity contribution in [3.8, 4) is 22.5 Å². The fourth-order valence-corrected chi connectivity index (χ4v) is 10.3. The Morgan fingerprint density at radius 1 is 0.444 bits per heavy atom. The summed E-state index contributed by atoms with van der Waals surface area (Å²) in [6.45, 7) is 0. The fourth-order valence-electron chi connectivity index (χ4n) is 10.3. The second kappa shape index (κ2) is 14.2. The van der Waals surface area contributed by atoms with Gasteiger partial charge in [-0.3, -0.25) is 5.32 Å². The maximum Gasteiger partial charge on any atom is 0.211 e. The van der Waals surface area contributed by atoms with E-state index in [0.29, 0.717) is 0 Å². The van der Waals surface area contributed by atoms with E-state index in [-0.39, 0.29) is 12.3 Å². The monoisotopic (exact) mass is 810 g/mol. The fraction of sp³-hybridized carbons (Fsp3) is 0.0351. The molecule has 9 aromatic carbocycles. The second-order valence-electron chi connectivity index (χ2n) is 16.4. The summed E-state index contributed by atoms with van der Waals surface area (Å²) in [5.41, 5.74) is 14.3. The van der Waals surface area contributed by atoms with E-state index in [1.54, 1.807) is 0 Å². The lowest BCUT2D eigenvalue weighted by Crippen LogP contribution is -2.90. The highest BCUT2D eigenvalue weighted by atomic mass is 16.3. The van der Waals surface area contributed by atoms with E-state index in [0.717, 1.165) is 72.5 Å². The minimum absolute atomic E-state index is 0.199. The number of hydrogen-bond donors (Lipinski definition) is 2. The van der Waals surface area contributed by atoms with Gasteiger partial charge in [-0.25, -0.2) is 4.99 Å². The highest BCUT2D eigenvalue weighted by molar-refractivity contribution is 6.24. The molecule has 298 valence electrons. The van der Waals surface area contributed by atoms with E-state index in [1.165, 1.54) is 38.1 Å². The number of para-hydroxylation sites is 4. The predicted octanol–water partition coefficient (Wildman–Crippen LogP) is 12.8. The lowest BCUT2D eigenvalue weighted by Gasteiger charge is -2.30. The molecule has 1 aliphatic heterocycles. The van der Waals surface area contributed by atoms with Crippen molar-refractivity contribution in [2.45, 2.75) is 12.3 Å². The number of nitrogens with one attached hydrogen (secondary N) is 1. The summed E-state index contributed by atoms with van der Waals surface area (Å²) in [7, 11) is 0. The summed E-state index contributed by atoms with van der Waals surface area (Å²) in [6.07, 6.45) is -0.505. The van der Waals surface area contributed by atoms with Crippen LogP contribution in [0.25, 0.3) is 88.1 Å². The molecule has 2 atom stereocenters. The third-order valence-electron chi connectivity index (χ3n) is 12.9. The van der Waals surface area contributed by atoms with E-state index < -0.39 is 0 Å². The van der Waals surface area contributed by atoms with E-state index >= 15 is 0 Å². The highest BCUT2D eigenvalue weighted by Gasteiger charge is 2.34. The van der Waals surface area contributed by atoms with Gasteiger partial charge in [-0.2, -0.15) is 0 Å². The second-order valence-corrected chi connectivity index (χ2v) is 16.4. The van der Waals surface area contributed by atoms with Gasteiger partial charge in [0, 0.05) is 49.1 Å². The van der Waals surface area contributed by atoms with Gasteiger partial charge in [0.25, 0.3) is 0 Å². The molecule has 2 unspecified atom stereocenters. The van der Waals surface area contributed by atoms with Gasteiger partial charge in [-0.05, 0) is 59.7 Å². The summed E-state index contributed by atoms with van der Waals surface area (Å²) < 4.78 is 11.6. The Morgan fingerprint density at radius 2 is 1.00 bits per heavy atom. The molecule has 0 fully saturated rings. The van der Waals surface area contributed by atoms with E-state index in [9.17, 15) is 0 Å². The highest BCUT2D eigenvalue weighted by Crippen LogP contribution is 2.43. The van der Waals surface area contributed by atoms with Crippen molar-refractivity contribution in [2.24, 2.45) is 4.99 Å². The van der Waals surface area contributed by atoms with Gasteiger partial charge in [0.1, 0.15) is 17.0 Å². The Labute approximate surface area is 363 Å². The molecule has 63 heavy (non-hydrogen) atoms. The predicted molar refractivity (Wildman–Crippen MR) is 258 cm³/mol. The zero-order valence-electron chi connectivity index (χ0n) is 34.2. The Kier molecular flexibility index (Phi) is 8.01. The van der Waals surface area contributed by atoms with Crippen LogP contribution >= 0.6 is 0 Å². The first kappa shape index (κ1) is 35.6. The molecule has 13 rings (SSSR count). The zero-order chi connectivity index (χ0) is 41.4. The third-order valence-corrected chi connectivity index (χ3v) is 12.9. The van der Waals surface area contributed by atoms with Gasteiger partial charge in [0.05, 0.1) is 33.3 Å². The van der Waals surface area contributed by atoms with Crippen molar-refractivity contribution >= 4 is 71.4 Å². The van der Waals surface area contributed by atoms with Crippen LogP contribution in [0.2, 0.25) is 0 Å². The number of benzene rings is 9. The lowest BCUT2D eigenvalue weighted by atomic mass is 9.96. The van der Waals surface area contributed by atoms with Crippen LogP contribution in [0.15, 0.2) is 222 Å². The molecule has 0 saturated heterocycles. The van der Waals surface area contributed by atoms with Crippen LogP contribution < -0.4 is 10.6 Å². The van der Waals surface area contributed by atoms with Gasteiger partial charge >= 0.3 is 0 Å². The number of furan rings is 1. The van der Waals surface area contributed by atoms with Crippen LogP contribution in [0.5, 0.6) is 0 Å². The van der Waals surface area contributed by atoms with E-state index in [2.05, 4.69) is 232 Å². The van der Waals surface area contributed by atoms with Crippen LogP contribution in [0, 0.1) is 0 Å². The lowest BCUT2D eigenvalue weighted by molar-refractivity contribution is -0.739. The minimum Gasteiger partial charge on any atom is -0.456 e. The average molecular weight is 811 g/mol. The Hall–Kier alpha value is -8.19. The zero-order valence-corrected chi connectivity index (χ0v) is 34.2. The first-order valence-electron chi connectivity index (χ1n) is 21.6. The number of aromatic nitrogens is 2. The number of amidine groups is 1. The topological polar surface area (TPSA) is 64.0 Å². The van der Waals surface area contributed by atoms with Crippen LogP contribution in [-0.2, 0) is 0 Å². The molecular formula is C57H40N5O+. The number of aliphatic imine (C=N–C) groups is 1. The van der Waals surface area contributed by atoms with Gasteiger partial charge in [0.15, 0.2) is 6.17 Å². The van der Waals surface area contributed by atoms with Crippen LogP contribution in [0.1, 0.15) is 29.0 Å². The number of fused-ring (bicyclic) bond motifs is 10. The van der Waals surface area contributed by atoms with Gasteiger partial charge in [-0.1, -0.05) is 164 Å². The smallest absolute Gasteiger partial charge is 0.211 e. The van der Waals surface area contributed by atoms with E-state index in [1.807, 2.05) is 0 Å². The molecule has 0 spiro atoms. The Morgan fingerprint density at radius 3 is 1.73 bits per heavy atom. The normalized spacial score (nSPS) is 15.5. The number of quaternary nitrogens is 1. The van der Waals surface area contributed by atoms with Gasteiger partial charge < -0.3 is 18.9 Å². The minimum atomic E-state index is -0.305. The van der Waals surface area contributed by atoms with Crippen molar-refractivity contribution in [3.05, 3.63) is 229 Å². The molecule has 3 N–H and O–H groups in total. The van der Waals surface area contributed by atoms with Gasteiger partial charge in [-0.15, -0.1) is 0 Å². The molecule has 12 aromatic rings. The molecule has 0 radical (unpaired) electrons. The summed E-state index contributed by atoms with van der Waals surface area (Å²) in [4.78, 5) is 5.59. The first-order chi connectivity index (χ1) is 31.3. The number of hydrogen-bond acceptors (Lipinski definition) is 3. The van der Waals surface area contributed by atoms with E-state index in [4.69, 9.17) is 9.41 Å². The number of nitrogens with zero attached hydrogens (tertiary/aromatic N) is 3. The molecule has 6 nitrogen and oxygen atoms in total.